The monoisotopic (exact) mass is 136 g/mol. The normalized spacial score (nSPS) is 9.80. The third kappa shape index (κ3) is 1.81. The number of ether oxygens (including phenoxy) is 1. The van der Waals surface area contributed by atoms with Crippen molar-refractivity contribution in [1.29, 1.82) is 0 Å². The first-order chi connectivity index (χ1) is 4.83. The van der Waals surface area contributed by atoms with Crippen molar-refractivity contribution in [3.63, 3.8) is 0 Å². The second-order valence-corrected chi connectivity index (χ2v) is 2.13. The zero-order valence-corrected chi connectivity index (χ0v) is 6.22. The van der Waals surface area contributed by atoms with Crippen molar-refractivity contribution in [1.82, 2.24) is 4.98 Å². The van der Waals surface area contributed by atoms with Gasteiger partial charge >= 0.3 is 0 Å². The Morgan fingerprint density at radius 1 is 1.70 bits per heavy atom. The van der Waals surface area contributed by atoms with Gasteiger partial charge in [-0.1, -0.05) is 0 Å². The second-order valence-electron chi connectivity index (χ2n) is 2.13. The van der Waals surface area contributed by atoms with Crippen LogP contribution in [-0.4, -0.2) is 12.1 Å². The molecule has 0 aliphatic rings. The molecule has 0 unspecified atom stereocenters. The standard InChI is InChI=1S/C8H10NO/c1-7-3-4-9-8(5-7)6-10-2/h3-4H,6H2,1-2H3. The third-order valence-corrected chi connectivity index (χ3v) is 1.18. The fourth-order valence-corrected chi connectivity index (χ4v) is 0.751. The number of methoxy groups -OCH3 is 1. The Morgan fingerprint density at radius 3 is 3.10 bits per heavy atom. The van der Waals surface area contributed by atoms with Crippen LogP contribution >= 0.6 is 0 Å². The molecule has 2 heteroatoms. The van der Waals surface area contributed by atoms with E-state index in [-0.39, 0.29) is 0 Å². The Bertz CT molecular complexity index is 210. The van der Waals surface area contributed by atoms with Gasteiger partial charge in [0.05, 0.1) is 12.3 Å². The zero-order chi connectivity index (χ0) is 7.40. The largest absolute Gasteiger partial charge is 0.378 e. The van der Waals surface area contributed by atoms with Gasteiger partial charge < -0.3 is 4.74 Å². The van der Waals surface area contributed by atoms with E-state index in [9.17, 15) is 0 Å². The smallest absolute Gasteiger partial charge is 0.0890 e. The van der Waals surface area contributed by atoms with Crippen LogP contribution in [0.25, 0.3) is 0 Å². The molecular formula is C8H10NO. The van der Waals surface area contributed by atoms with Gasteiger partial charge in [0.2, 0.25) is 0 Å². The van der Waals surface area contributed by atoms with E-state index in [2.05, 4.69) is 11.1 Å². The predicted octanol–water partition coefficient (Wildman–Crippen LogP) is 1.34. The van der Waals surface area contributed by atoms with Crippen molar-refractivity contribution in [3.8, 4) is 0 Å². The minimum Gasteiger partial charge on any atom is -0.378 e. The van der Waals surface area contributed by atoms with Crippen LogP contribution in [0.3, 0.4) is 0 Å². The summed E-state index contributed by atoms with van der Waals surface area (Å²) < 4.78 is 4.89. The number of rotatable bonds is 2. The van der Waals surface area contributed by atoms with Gasteiger partial charge in [-0.2, -0.15) is 0 Å². The second kappa shape index (κ2) is 3.32. The van der Waals surface area contributed by atoms with Crippen LogP contribution in [0.15, 0.2) is 12.3 Å². The molecule has 0 aliphatic carbocycles. The van der Waals surface area contributed by atoms with Crippen molar-refractivity contribution in [2.45, 2.75) is 13.5 Å². The van der Waals surface area contributed by atoms with Crippen molar-refractivity contribution >= 4 is 0 Å². The molecule has 1 radical (unpaired) electrons. The molecule has 0 spiro atoms. The summed E-state index contributed by atoms with van der Waals surface area (Å²) in [5.74, 6) is 0. The van der Waals surface area contributed by atoms with Gasteiger partial charge in [-0.3, -0.25) is 4.98 Å². The van der Waals surface area contributed by atoms with Crippen molar-refractivity contribution in [2.75, 3.05) is 7.11 Å². The molecule has 1 aromatic rings. The number of aryl methyl sites for hydroxylation is 1. The molecule has 1 rings (SSSR count). The number of hydrogen-bond donors (Lipinski definition) is 0. The number of pyridine rings is 1. The highest BCUT2D eigenvalue weighted by atomic mass is 16.5. The van der Waals surface area contributed by atoms with Crippen LogP contribution in [0.2, 0.25) is 0 Å². The van der Waals surface area contributed by atoms with E-state index < -0.39 is 0 Å². The number of nitrogens with zero attached hydrogens (tertiary/aromatic N) is 1. The van der Waals surface area contributed by atoms with E-state index in [1.54, 1.807) is 13.3 Å². The lowest BCUT2D eigenvalue weighted by atomic mass is 10.2. The summed E-state index contributed by atoms with van der Waals surface area (Å²) in [4.78, 5) is 4.05. The summed E-state index contributed by atoms with van der Waals surface area (Å²) in [6, 6.07) is 4.99. The Balaban J connectivity index is 2.75. The van der Waals surface area contributed by atoms with Crippen LogP contribution in [0.5, 0.6) is 0 Å². The van der Waals surface area contributed by atoms with Gasteiger partial charge in [0.15, 0.2) is 0 Å². The van der Waals surface area contributed by atoms with E-state index in [1.807, 2.05) is 13.0 Å². The summed E-state index contributed by atoms with van der Waals surface area (Å²) in [6.45, 7) is 2.53. The van der Waals surface area contributed by atoms with Gasteiger partial charge in [-0.25, -0.2) is 0 Å². The molecule has 1 heterocycles. The quantitative estimate of drug-likeness (QED) is 0.612. The summed E-state index contributed by atoms with van der Waals surface area (Å²) in [5.41, 5.74) is 1.96. The maximum atomic E-state index is 4.89. The first kappa shape index (κ1) is 7.22. The Hall–Kier alpha value is -0.890. The minimum atomic E-state index is 0.543. The maximum Gasteiger partial charge on any atom is 0.0890 e. The molecule has 10 heavy (non-hydrogen) atoms. The molecule has 0 bridgehead atoms. The SMILES string of the molecule is COCc1[c]c(C)ccn1. The maximum absolute atomic E-state index is 4.89. The number of hydrogen-bond acceptors (Lipinski definition) is 2. The highest BCUT2D eigenvalue weighted by molar-refractivity contribution is 5.11. The van der Waals surface area contributed by atoms with Gasteiger partial charge in [-0.15, -0.1) is 0 Å². The highest BCUT2D eigenvalue weighted by Gasteiger charge is 1.91. The van der Waals surface area contributed by atoms with Crippen LogP contribution in [0.4, 0.5) is 0 Å². The Labute approximate surface area is 60.9 Å². The molecule has 2 nitrogen and oxygen atoms in total. The molecule has 0 saturated heterocycles. The fraction of sp³-hybridized carbons (Fsp3) is 0.375. The lowest BCUT2D eigenvalue weighted by Gasteiger charge is -1.97. The third-order valence-electron chi connectivity index (χ3n) is 1.18. The number of aromatic nitrogens is 1. The fourth-order valence-electron chi connectivity index (χ4n) is 0.751. The molecule has 0 amide bonds. The van der Waals surface area contributed by atoms with Crippen molar-refractivity contribution in [3.05, 3.63) is 29.6 Å². The lowest BCUT2D eigenvalue weighted by molar-refractivity contribution is 0.181. The highest BCUT2D eigenvalue weighted by Crippen LogP contribution is 1.98. The molecule has 0 aromatic carbocycles. The lowest BCUT2D eigenvalue weighted by Crippen LogP contribution is -1.91. The first-order valence-corrected chi connectivity index (χ1v) is 3.15. The molecule has 1 aromatic heterocycles. The summed E-state index contributed by atoms with van der Waals surface area (Å²) in [7, 11) is 1.65. The molecular weight excluding hydrogens is 126 g/mol. The van der Waals surface area contributed by atoms with Crippen LogP contribution in [0, 0.1) is 13.0 Å². The summed E-state index contributed by atoms with van der Waals surface area (Å²) in [5, 5.41) is 0. The van der Waals surface area contributed by atoms with E-state index >= 15 is 0 Å². The molecule has 0 saturated carbocycles. The van der Waals surface area contributed by atoms with Crippen LogP contribution < -0.4 is 0 Å². The first-order valence-electron chi connectivity index (χ1n) is 3.15. The van der Waals surface area contributed by atoms with Gasteiger partial charge in [0.1, 0.15) is 0 Å². The van der Waals surface area contributed by atoms with Crippen LogP contribution in [0.1, 0.15) is 11.3 Å². The van der Waals surface area contributed by atoms with Crippen LogP contribution in [-0.2, 0) is 11.3 Å². The van der Waals surface area contributed by atoms with E-state index in [0.717, 1.165) is 11.3 Å². The summed E-state index contributed by atoms with van der Waals surface area (Å²) in [6.07, 6.45) is 1.76. The van der Waals surface area contributed by atoms with E-state index in [1.165, 1.54) is 0 Å². The average molecular weight is 136 g/mol. The molecule has 0 fully saturated rings. The Morgan fingerprint density at radius 2 is 2.50 bits per heavy atom. The topological polar surface area (TPSA) is 22.1 Å². The van der Waals surface area contributed by atoms with Gasteiger partial charge in [0.25, 0.3) is 0 Å². The molecule has 0 aliphatic heterocycles. The zero-order valence-electron chi connectivity index (χ0n) is 6.22. The van der Waals surface area contributed by atoms with Crippen molar-refractivity contribution in [2.24, 2.45) is 0 Å². The Kier molecular flexibility index (Phi) is 2.40. The molecule has 0 atom stereocenters. The van der Waals surface area contributed by atoms with E-state index in [4.69, 9.17) is 4.74 Å². The molecule has 53 valence electrons. The van der Waals surface area contributed by atoms with Crippen molar-refractivity contribution < 1.29 is 4.74 Å². The predicted molar refractivity (Wildman–Crippen MR) is 38.5 cm³/mol. The average Bonchev–Trinajstić information content (AvgIpc) is 1.88. The summed E-state index contributed by atoms with van der Waals surface area (Å²) >= 11 is 0. The van der Waals surface area contributed by atoms with Gasteiger partial charge in [0, 0.05) is 19.4 Å². The van der Waals surface area contributed by atoms with E-state index in [0.29, 0.717) is 6.61 Å². The molecule has 0 N–H and O–H groups in total. The van der Waals surface area contributed by atoms with Gasteiger partial charge in [-0.05, 0) is 18.6 Å². The minimum absolute atomic E-state index is 0.543.